The van der Waals surface area contributed by atoms with Gasteiger partial charge in [-0.3, -0.25) is 4.79 Å². The van der Waals surface area contributed by atoms with E-state index >= 15 is 0 Å². The molecule has 1 amide bonds. The number of carbonyl (C=O) groups excluding carboxylic acids is 1. The third-order valence-corrected chi connectivity index (χ3v) is 5.03. The molecule has 1 saturated heterocycles. The smallest absolute Gasteiger partial charge is 0.291 e. The third kappa shape index (κ3) is 4.08. The molecule has 7 heteroatoms. The van der Waals surface area contributed by atoms with Crippen LogP contribution in [0.2, 0.25) is 0 Å². The summed E-state index contributed by atoms with van der Waals surface area (Å²) < 4.78 is 14.0. The van der Waals surface area contributed by atoms with Crippen LogP contribution in [-0.4, -0.2) is 47.0 Å². The van der Waals surface area contributed by atoms with Crippen LogP contribution in [-0.2, 0) is 6.54 Å². The molecule has 27 heavy (non-hydrogen) atoms. The van der Waals surface area contributed by atoms with Gasteiger partial charge in [-0.15, -0.1) is 0 Å². The maximum Gasteiger partial charge on any atom is 0.291 e. The minimum absolute atomic E-state index is 0.116. The van der Waals surface area contributed by atoms with Gasteiger partial charge in [0.25, 0.3) is 5.91 Å². The molecule has 144 valence electrons. The molecule has 0 bridgehead atoms. The number of benzene rings is 1. The van der Waals surface area contributed by atoms with Gasteiger partial charge in [0.15, 0.2) is 0 Å². The number of hydrogen-bond acceptors (Lipinski definition) is 5. The van der Waals surface area contributed by atoms with E-state index in [1.807, 2.05) is 20.8 Å². The van der Waals surface area contributed by atoms with Gasteiger partial charge in [0, 0.05) is 49.5 Å². The number of nitrogens with two attached hydrogens (primary N) is 1. The largest absolute Gasteiger partial charge is 0.355 e. The maximum atomic E-state index is 14.0. The Morgan fingerprint density at radius 1 is 1.33 bits per heavy atom. The lowest BCUT2D eigenvalue weighted by atomic mass is 10.1. The fourth-order valence-corrected chi connectivity index (χ4v) is 3.32. The van der Waals surface area contributed by atoms with Crippen LogP contribution in [0.25, 0.3) is 0 Å². The fourth-order valence-electron chi connectivity index (χ4n) is 3.32. The van der Waals surface area contributed by atoms with Gasteiger partial charge in [0.05, 0.1) is 0 Å². The molecule has 1 atom stereocenters. The lowest BCUT2D eigenvalue weighted by molar-refractivity contribution is 0.0771. The van der Waals surface area contributed by atoms with E-state index in [1.165, 1.54) is 11.0 Å². The van der Waals surface area contributed by atoms with Gasteiger partial charge in [-0.1, -0.05) is 17.7 Å². The van der Waals surface area contributed by atoms with Crippen LogP contribution < -0.4 is 10.6 Å². The van der Waals surface area contributed by atoms with Crippen molar-refractivity contribution < 1.29 is 9.18 Å². The molecule has 1 aromatic heterocycles. The van der Waals surface area contributed by atoms with E-state index in [9.17, 15) is 9.18 Å². The Kier molecular flexibility index (Phi) is 5.41. The predicted octanol–water partition coefficient (Wildman–Crippen LogP) is 2.35. The molecule has 1 fully saturated rings. The monoisotopic (exact) mass is 371 g/mol. The standard InChI is InChI=1S/C20H26FN5O/c1-12-5-6-17(21)15(9-12)10-25(4)20(27)18-23-14(3)13(2)19(24-18)26-8-7-16(22)11-26/h5-6,9,16H,7-8,10-11,22H2,1-4H3/t16-/m1/s1. The molecule has 2 aromatic rings. The van der Waals surface area contributed by atoms with Gasteiger partial charge < -0.3 is 15.5 Å². The second-order valence-electron chi connectivity index (χ2n) is 7.33. The van der Waals surface area contributed by atoms with E-state index in [4.69, 9.17) is 5.73 Å². The summed E-state index contributed by atoms with van der Waals surface area (Å²) in [6, 6.07) is 4.99. The predicted molar refractivity (Wildman–Crippen MR) is 103 cm³/mol. The minimum atomic E-state index is -0.330. The second-order valence-corrected chi connectivity index (χ2v) is 7.33. The first-order chi connectivity index (χ1) is 12.8. The van der Waals surface area contributed by atoms with E-state index < -0.39 is 0 Å². The van der Waals surface area contributed by atoms with Gasteiger partial charge in [0.1, 0.15) is 11.6 Å². The molecule has 1 aliphatic heterocycles. The average Bonchev–Trinajstić information content (AvgIpc) is 3.05. The first-order valence-corrected chi connectivity index (χ1v) is 9.12. The molecule has 3 rings (SSSR count). The number of aromatic nitrogens is 2. The van der Waals surface area contributed by atoms with Gasteiger partial charge >= 0.3 is 0 Å². The van der Waals surface area contributed by atoms with E-state index in [1.54, 1.807) is 19.2 Å². The van der Waals surface area contributed by atoms with Crippen molar-refractivity contribution >= 4 is 11.7 Å². The number of halogens is 1. The number of nitrogens with zero attached hydrogens (tertiary/aromatic N) is 4. The van der Waals surface area contributed by atoms with Crippen LogP contribution in [0.4, 0.5) is 10.2 Å². The first-order valence-electron chi connectivity index (χ1n) is 9.12. The average molecular weight is 371 g/mol. The molecular weight excluding hydrogens is 345 g/mol. The number of anilines is 1. The van der Waals surface area contributed by atoms with Crippen molar-refractivity contribution in [3.63, 3.8) is 0 Å². The topological polar surface area (TPSA) is 75.4 Å². The van der Waals surface area contributed by atoms with Crippen LogP contribution in [0.15, 0.2) is 18.2 Å². The maximum absolute atomic E-state index is 14.0. The van der Waals surface area contributed by atoms with Crippen LogP contribution in [0.5, 0.6) is 0 Å². The molecule has 2 heterocycles. The summed E-state index contributed by atoms with van der Waals surface area (Å²) in [5.74, 6) is 0.231. The van der Waals surface area contributed by atoms with Crippen LogP contribution in [0.1, 0.15) is 39.4 Å². The highest BCUT2D eigenvalue weighted by molar-refractivity contribution is 5.90. The second kappa shape index (κ2) is 7.60. The van der Waals surface area contributed by atoms with Crippen molar-refractivity contribution in [3.05, 3.63) is 52.2 Å². The Labute approximate surface area is 159 Å². The van der Waals surface area contributed by atoms with E-state index in [2.05, 4.69) is 14.9 Å². The van der Waals surface area contributed by atoms with Crippen molar-refractivity contribution in [1.29, 1.82) is 0 Å². The van der Waals surface area contributed by atoms with Crippen molar-refractivity contribution in [1.82, 2.24) is 14.9 Å². The van der Waals surface area contributed by atoms with E-state index in [-0.39, 0.29) is 30.1 Å². The van der Waals surface area contributed by atoms with Gasteiger partial charge in [-0.2, -0.15) is 0 Å². The highest BCUT2D eigenvalue weighted by Gasteiger charge is 2.25. The zero-order valence-corrected chi connectivity index (χ0v) is 16.3. The zero-order valence-electron chi connectivity index (χ0n) is 16.3. The van der Waals surface area contributed by atoms with Gasteiger partial charge in [-0.05, 0) is 33.3 Å². The third-order valence-electron chi connectivity index (χ3n) is 5.03. The normalized spacial score (nSPS) is 16.7. The SMILES string of the molecule is Cc1ccc(F)c(CN(C)C(=O)c2nc(C)c(C)c(N3CC[C@@H](N)C3)n2)c1. The molecular formula is C20H26FN5O. The first kappa shape index (κ1) is 19.2. The van der Waals surface area contributed by atoms with Crippen LogP contribution in [0.3, 0.4) is 0 Å². The molecule has 2 N–H and O–H groups in total. The number of rotatable bonds is 4. The van der Waals surface area contributed by atoms with Crippen molar-refractivity contribution in [2.45, 2.75) is 39.8 Å². The zero-order chi connectivity index (χ0) is 19.7. The van der Waals surface area contributed by atoms with E-state index in [0.29, 0.717) is 5.56 Å². The van der Waals surface area contributed by atoms with Crippen molar-refractivity contribution in [3.8, 4) is 0 Å². The summed E-state index contributed by atoms with van der Waals surface area (Å²) in [7, 11) is 1.63. The van der Waals surface area contributed by atoms with Gasteiger partial charge in [-0.25, -0.2) is 14.4 Å². The lowest BCUT2D eigenvalue weighted by Gasteiger charge is -2.22. The Balaban J connectivity index is 1.85. The highest BCUT2D eigenvalue weighted by atomic mass is 19.1. The summed E-state index contributed by atoms with van der Waals surface area (Å²) in [5, 5.41) is 0. The number of carbonyl (C=O) groups is 1. The summed E-state index contributed by atoms with van der Waals surface area (Å²) in [6.45, 7) is 7.41. The fraction of sp³-hybridized carbons (Fsp3) is 0.450. The summed E-state index contributed by atoms with van der Waals surface area (Å²) >= 11 is 0. The van der Waals surface area contributed by atoms with Crippen molar-refractivity contribution in [2.75, 3.05) is 25.0 Å². The molecule has 0 spiro atoms. The number of amides is 1. The highest BCUT2D eigenvalue weighted by Crippen LogP contribution is 2.24. The van der Waals surface area contributed by atoms with Gasteiger partial charge in [0.2, 0.25) is 5.82 Å². The summed E-state index contributed by atoms with van der Waals surface area (Å²) in [5.41, 5.74) is 9.15. The molecule has 0 unspecified atom stereocenters. The number of hydrogen-bond donors (Lipinski definition) is 1. The quantitative estimate of drug-likeness (QED) is 0.893. The Bertz CT molecular complexity index is 870. The van der Waals surface area contributed by atoms with Crippen LogP contribution >= 0.6 is 0 Å². The lowest BCUT2D eigenvalue weighted by Crippen LogP contribution is -2.31. The van der Waals surface area contributed by atoms with E-state index in [0.717, 1.165) is 42.1 Å². The molecule has 1 aromatic carbocycles. The molecule has 0 saturated carbocycles. The molecule has 6 nitrogen and oxygen atoms in total. The summed E-state index contributed by atoms with van der Waals surface area (Å²) in [4.78, 5) is 25.3. The Hall–Kier alpha value is -2.54. The molecule has 0 radical (unpaired) electrons. The Morgan fingerprint density at radius 3 is 2.74 bits per heavy atom. The molecule has 1 aliphatic rings. The minimum Gasteiger partial charge on any atom is -0.355 e. The van der Waals surface area contributed by atoms with Crippen LogP contribution in [0, 0.1) is 26.6 Å². The molecule has 0 aliphatic carbocycles. The summed E-state index contributed by atoms with van der Waals surface area (Å²) in [6.07, 6.45) is 0.901. The number of aryl methyl sites for hydroxylation is 2. The van der Waals surface area contributed by atoms with Crippen molar-refractivity contribution in [2.24, 2.45) is 5.73 Å². The Morgan fingerprint density at radius 2 is 2.07 bits per heavy atom.